The van der Waals surface area contributed by atoms with Gasteiger partial charge in [0.1, 0.15) is 6.10 Å². The van der Waals surface area contributed by atoms with Gasteiger partial charge in [-0.15, -0.1) is 0 Å². The van der Waals surface area contributed by atoms with Crippen molar-refractivity contribution in [2.24, 2.45) is 5.41 Å². The molecule has 0 rings (SSSR count). The van der Waals surface area contributed by atoms with E-state index in [2.05, 4.69) is 41.2 Å². The molecule has 8 nitrogen and oxygen atoms in total. The van der Waals surface area contributed by atoms with E-state index in [1.165, 1.54) is 6.92 Å². The number of nitrogens with one attached hydrogen (secondary N) is 3. The van der Waals surface area contributed by atoms with Crippen molar-refractivity contribution in [1.82, 2.24) is 16.0 Å². The molecule has 1 atom stereocenters. The first-order valence-electron chi connectivity index (χ1n) is 7.91. The van der Waals surface area contributed by atoms with Crippen molar-refractivity contribution in [2.45, 2.75) is 33.3 Å². The van der Waals surface area contributed by atoms with E-state index < -0.39 is 17.4 Å². The number of carbonyl (C=O) groups is 3. The third-order valence-electron chi connectivity index (χ3n) is 2.97. The van der Waals surface area contributed by atoms with Crippen LogP contribution in [0.5, 0.6) is 0 Å². The highest BCUT2D eigenvalue weighted by Gasteiger charge is 2.32. The molecule has 0 saturated carbocycles. The summed E-state index contributed by atoms with van der Waals surface area (Å²) in [7, 11) is 0. The van der Waals surface area contributed by atoms with Gasteiger partial charge in [0.15, 0.2) is 0 Å². The molecule has 0 unspecified atom stereocenters. The van der Waals surface area contributed by atoms with Gasteiger partial charge in [-0.2, -0.15) is 25.3 Å². The second-order valence-corrected chi connectivity index (χ2v) is 6.76. The Morgan fingerprint density at radius 2 is 1.52 bits per heavy atom. The van der Waals surface area contributed by atoms with Crippen molar-refractivity contribution in [2.75, 3.05) is 37.7 Å². The first-order chi connectivity index (χ1) is 11.6. The van der Waals surface area contributed by atoms with Gasteiger partial charge in [0.2, 0.25) is 17.7 Å². The molecule has 0 aliphatic heterocycles. The van der Waals surface area contributed by atoms with E-state index in [9.17, 15) is 19.5 Å². The molecule has 0 spiro atoms. The molecule has 0 aromatic rings. The highest BCUT2D eigenvalue weighted by atomic mass is 32.1. The Labute approximate surface area is 160 Å². The summed E-state index contributed by atoms with van der Waals surface area (Å²) in [5, 5.41) is 26.3. The van der Waals surface area contributed by atoms with E-state index in [1.807, 2.05) is 0 Å². The number of carbonyl (C=O) groups excluding carboxylic acids is 3. The van der Waals surface area contributed by atoms with Crippen LogP contribution in [0.15, 0.2) is 0 Å². The fourth-order valence-electron chi connectivity index (χ4n) is 1.35. The van der Waals surface area contributed by atoms with Gasteiger partial charge in [-0.3, -0.25) is 14.4 Å². The predicted octanol–water partition coefficient (Wildman–Crippen LogP) is -1.03. The Balaban J connectivity index is 0. The van der Waals surface area contributed by atoms with Crippen LogP contribution in [-0.2, 0) is 14.4 Å². The van der Waals surface area contributed by atoms with Crippen LogP contribution in [0.1, 0.15) is 27.2 Å². The zero-order valence-corrected chi connectivity index (χ0v) is 16.8. The summed E-state index contributed by atoms with van der Waals surface area (Å²) >= 11 is 7.83. The van der Waals surface area contributed by atoms with Gasteiger partial charge in [-0.05, 0) is 0 Å². The number of hydrogen-bond acceptors (Lipinski definition) is 7. The zero-order chi connectivity index (χ0) is 19.9. The van der Waals surface area contributed by atoms with Crippen LogP contribution in [0.4, 0.5) is 0 Å². The quantitative estimate of drug-likeness (QED) is 0.237. The van der Waals surface area contributed by atoms with Crippen molar-refractivity contribution in [3.8, 4) is 0 Å². The van der Waals surface area contributed by atoms with E-state index in [4.69, 9.17) is 5.11 Å². The van der Waals surface area contributed by atoms with E-state index in [0.29, 0.717) is 24.6 Å². The van der Waals surface area contributed by atoms with E-state index in [0.717, 1.165) is 0 Å². The van der Waals surface area contributed by atoms with Crippen molar-refractivity contribution in [1.29, 1.82) is 0 Å². The first-order valence-corrected chi connectivity index (χ1v) is 9.18. The first kappa shape index (κ1) is 26.3. The number of aliphatic hydroxyl groups is 2. The summed E-state index contributed by atoms with van der Waals surface area (Å²) < 4.78 is 0. The minimum atomic E-state index is -1.30. The normalized spacial score (nSPS) is 11.6. The zero-order valence-electron chi connectivity index (χ0n) is 15.0. The summed E-state index contributed by atoms with van der Waals surface area (Å²) in [6, 6.07) is 0. The van der Waals surface area contributed by atoms with Gasteiger partial charge in [-0.25, -0.2) is 0 Å². The third-order valence-corrected chi connectivity index (χ3v) is 3.41. The number of hydrogen-bond donors (Lipinski definition) is 7. The molecule has 0 aromatic carbocycles. The van der Waals surface area contributed by atoms with Crippen molar-refractivity contribution < 1.29 is 24.6 Å². The lowest BCUT2D eigenvalue weighted by Crippen LogP contribution is -2.46. The summed E-state index contributed by atoms with van der Waals surface area (Å²) in [5.41, 5.74) is -0.904. The van der Waals surface area contributed by atoms with Gasteiger partial charge in [-0.1, -0.05) is 13.8 Å². The van der Waals surface area contributed by atoms with Crippen molar-refractivity contribution in [3.63, 3.8) is 0 Å². The summed E-state index contributed by atoms with van der Waals surface area (Å²) in [4.78, 5) is 32.8. The number of amides is 3. The topological polar surface area (TPSA) is 128 Å². The van der Waals surface area contributed by atoms with E-state index >= 15 is 0 Å². The van der Waals surface area contributed by atoms with Crippen LogP contribution in [0.25, 0.3) is 0 Å². The molecule has 0 radical (unpaired) electrons. The third kappa shape index (κ3) is 15.0. The van der Waals surface area contributed by atoms with Gasteiger partial charge >= 0.3 is 0 Å². The SMILES string of the molecule is CC(=O)NCCS.CC(C)(CO)[C@@H](O)C(=O)NCCC(=O)NCCS. The van der Waals surface area contributed by atoms with Crippen molar-refractivity contribution in [3.05, 3.63) is 0 Å². The van der Waals surface area contributed by atoms with Gasteiger partial charge in [0, 0.05) is 49.9 Å². The average molecular weight is 398 g/mol. The fraction of sp³-hybridized carbons (Fsp3) is 0.800. The number of thiol groups is 2. The average Bonchev–Trinajstić information content (AvgIpc) is 2.57. The maximum Gasteiger partial charge on any atom is 0.249 e. The van der Waals surface area contributed by atoms with Crippen LogP contribution >= 0.6 is 25.3 Å². The maximum atomic E-state index is 11.5. The Morgan fingerprint density at radius 1 is 1.00 bits per heavy atom. The molecular formula is C15H31N3O5S2. The number of rotatable bonds is 10. The summed E-state index contributed by atoms with van der Waals surface area (Å²) in [6.45, 7) is 5.64. The van der Waals surface area contributed by atoms with Gasteiger partial charge in [0.05, 0.1) is 6.61 Å². The molecular weight excluding hydrogens is 366 g/mol. The fourth-order valence-corrected chi connectivity index (χ4v) is 1.58. The maximum absolute atomic E-state index is 11.5. The second kappa shape index (κ2) is 15.3. The van der Waals surface area contributed by atoms with Crippen LogP contribution in [-0.4, -0.2) is 71.8 Å². The lowest BCUT2D eigenvalue weighted by Gasteiger charge is -2.27. The second-order valence-electron chi connectivity index (χ2n) is 5.87. The lowest BCUT2D eigenvalue weighted by molar-refractivity contribution is -0.137. The largest absolute Gasteiger partial charge is 0.396 e. The highest BCUT2D eigenvalue weighted by Crippen LogP contribution is 2.19. The van der Waals surface area contributed by atoms with E-state index in [-0.39, 0.29) is 31.4 Å². The molecule has 0 fully saturated rings. The van der Waals surface area contributed by atoms with Crippen molar-refractivity contribution >= 4 is 43.0 Å². The molecule has 5 N–H and O–H groups in total. The molecule has 148 valence electrons. The highest BCUT2D eigenvalue weighted by molar-refractivity contribution is 7.80. The Bertz CT molecular complexity index is 409. The van der Waals surface area contributed by atoms with Crippen LogP contribution in [0.2, 0.25) is 0 Å². The minimum Gasteiger partial charge on any atom is -0.396 e. The molecule has 3 amide bonds. The van der Waals surface area contributed by atoms with Gasteiger partial charge < -0.3 is 26.2 Å². The molecule has 0 aromatic heterocycles. The summed E-state index contributed by atoms with van der Waals surface area (Å²) in [5.74, 6) is 0.506. The Kier molecular flexibility index (Phi) is 16.1. The molecule has 0 saturated heterocycles. The Morgan fingerprint density at radius 3 is 1.92 bits per heavy atom. The number of aliphatic hydroxyl groups excluding tert-OH is 2. The van der Waals surface area contributed by atoms with E-state index in [1.54, 1.807) is 13.8 Å². The molecule has 0 aliphatic carbocycles. The van der Waals surface area contributed by atoms with Crippen LogP contribution < -0.4 is 16.0 Å². The van der Waals surface area contributed by atoms with Gasteiger partial charge in [0.25, 0.3) is 0 Å². The lowest BCUT2D eigenvalue weighted by atomic mass is 9.87. The molecule has 10 heteroatoms. The van der Waals surface area contributed by atoms with Crippen LogP contribution in [0.3, 0.4) is 0 Å². The molecule has 25 heavy (non-hydrogen) atoms. The minimum absolute atomic E-state index is 0.00838. The monoisotopic (exact) mass is 397 g/mol. The molecule has 0 heterocycles. The van der Waals surface area contributed by atoms with Crippen LogP contribution in [0, 0.1) is 5.41 Å². The molecule has 0 aliphatic rings. The standard InChI is InChI=1S/C11H22N2O4S.C4H9NOS/c1-11(2,7-14)9(16)10(17)13-4-3-8(15)12-5-6-18;1-4(6)5-2-3-7/h9,14,16,18H,3-7H2,1-2H3,(H,12,15)(H,13,17);7H,2-3H2,1H3,(H,5,6)/t9-;/m0./s1. The smallest absolute Gasteiger partial charge is 0.249 e. The summed E-state index contributed by atoms with van der Waals surface area (Å²) in [6.07, 6.45) is -1.16. The predicted molar refractivity (Wildman–Crippen MR) is 104 cm³/mol. The molecule has 0 bridgehead atoms. The Hall–Kier alpha value is -0.970.